The molecule has 1 aromatic carbocycles. The van der Waals surface area contributed by atoms with Crippen LogP contribution in [0.1, 0.15) is 56.9 Å². The van der Waals surface area contributed by atoms with E-state index in [1.54, 1.807) is 0 Å². The summed E-state index contributed by atoms with van der Waals surface area (Å²) in [5, 5.41) is 10.4. The Balaban J connectivity index is 2.62. The minimum absolute atomic E-state index is 0.359. The fourth-order valence-corrected chi connectivity index (χ4v) is 2.69. The zero-order valence-corrected chi connectivity index (χ0v) is 14.0. The average molecular weight is 277 g/mol. The topological polar surface area (TPSA) is 23.5 Å². The van der Waals surface area contributed by atoms with Crippen LogP contribution in [0.5, 0.6) is 0 Å². The predicted molar refractivity (Wildman–Crippen MR) is 87.0 cm³/mol. The van der Waals surface area contributed by atoms with Gasteiger partial charge in [0.2, 0.25) is 0 Å². The highest BCUT2D eigenvalue weighted by atomic mass is 16.3. The molecule has 1 N–H and O–H groups in total. The summed E-state index contributed by atoms with van der Waals surface area (Å²) in [4.78, 5) is 2.45. The lowest BCUT2D eigenvalue weighted by Crippen LogP contribution is -2.35. The van der Waals surface area contributed by atoms with E-state index >= 15 is 0 Å². The Morgan fingerprint density at radius 2 is 1.55 bits per heavy atom. The van der Waals surface area contributed by atoms with Gasteiger partial charge < -0.3 is 10.0 Å². The molecule has 0 aliphatic heterocycles. The normalized spacial score (nSPS) is 13.5. The monoisotopic (exact) mass is 277 g/mol. The molecule has 1 atom stereocenters. The molecule has 0 amide bonds. The van der Waals surface area contributed by atoms with Crippen LogP contribution in [0.3, 0.4) is 0 Å². The second-order valence-corrected chi connectivity index (χ2v) is 6.71. The molecule has 0 fully saturated rings. The van der Waals surface area contributed by atoms with Crippen molar-refractivity contribution in [3.8, 4) is 0 Å². The molecule has 0 saturated carbocycles. The maximum absolute atomic E-state index is 10.4. The van der Waals surface area contributed by atoms with Crippen LogP contribution in [0.15, 0.2) is 18.2 Å². The number of aryl methyl sites for hydroxylation is 2. The fraction of sp³-hybridized carbons (Fsp3) is 0.667. The van der Waals surface area contributed by atoms with E-state index in [9.17, 15) is 5.11 Å². The lowest BCUT2D eigenvalue weighted by molar-refractivity contribution is 0.123. The maximum Gasteiger partial charge on any atom is 0.0802 e. The lowest BCUT2D eigenvalue weighted by atomic mass is 10.0. The average Bonchev–Trinajstić information content (AvgIpc) is 2.32. The van der Waals surface area contributed by atoms with Gasteiger partial charge in [-0.15, -0.1) is 0 Å². The van der Waals surface area contributed by atoms with Crippen molar-refractivity contribution < 1.29 is 5.11 Å². The van der Waals surface area contributed by atoms with Crippen LogP contribution in [0, 0.1) is 19.8 Å². The van der Waals surface area contributed by atoms with E-state index in [2.05, 4.69) is 64.6 Å². The predicted octanol–water partition coefficient (Wildman–Crippen LogP) is 4.09. The van der Waals surface area contributed by atoms with Gasteiger partial charge in [-0.1, -0.05) is 43.2 Å². The number of aliphatic hydroxyl groups excluding tert-OH is 1. The molecule has 0 saturated heterocycles. The van der Waals surface area contributed by atoms with Gasteiger partial charge in [-0.3, -0.25) is 0 Å². The number of rotatable bonds is 7. The van der Waals surface area contributed by atoms with E-state index in [-0.39, 0.29) is 6.10 Å². The molecule has 0 heterocycles. The molecule has 1 aromatic rings. The van der Waals surface area contributed by atoms with Crippen molar-refractivity contribution >= 4 is 0 Å². The number of nitrogens with zero attached hydrogens (tertiary/aromatic N) is 1. The van der Waals surface area contributed by atoms with E-state index in [4.69, 9.17) is 0 Å². The minimum atomic E-state index is -0.359. The van der Waals surface area contributed by atoms with Gasteiger partial charge in [-0.25, -0.2) is 0 Å². The van der Waals surface area contributed by atoms with E-state index in [0.29, 0.717) is 12.0 Å². The van der Waals surface area contributed by atoms with E-state index < -0.39 is 0 Å². The smallest absolute Gasteiger partial charge is 0.0802 e. The Bertz CT molecular complexity index is 392. The summed E-state index contributed by atoms with van der Waals surface area (Å²) in [6.07, 6.45) is 0.440. The molecule has 20 heavy (non-hydrogen) atoms. The maximum atomic E-state index is 10.4. The summed E-state index contributed by atoms with van der Waals surface area (Å²) in [5.41, 5.74) is 3.50. The Morgan fingerprint density at radius 3 is 2.00 bits per heavy atom. The van der Waals surface area contributed by atoms with Crippen molar-refractivity contribution in [1.82, 2.24) is 4.90 Å². The first-order valence-electron chi connectivity index (χ1n) is 7.80. The fourth-order valence-electron chi connectivity index (χ4n) is 2.69. The molecule has 0 aromatic heterocycles. The Morgan fingerprint density at radius 1 is 1.00 bits per heavy atom. The second kappa shape index (κ2) is 7.80. The Hall–Kier alpha value is -0.860. The highest BCUT2D eigenvalue weighted by molar-refractivity contribution is 5.29. The number of hydrogen-bond donors (Lipinski definition) is 1. The van der Waals surface area contributed by atoms with E-state index in [1.165, 1.54) is 11.1 Å². The summed E-state index contributed by atoms with van der Waals surface area (Å²) >= 11 is 0. The molecule has 2 nitrogen and oxygen atoms in total. The van der Waals surface area contributed by atoms with Gasteiger partial charge in [0.25, 0.3) is 0 Å². The molecule has 114 valence electrons. The van der Waals surface area contributed by atoms with Crippen molar-refractivity contribution in [2.24, 2.45) is 5.92 Å². The molecule has 0 bridgehead atoms. The van der Waals surface area contributed by atoms with Gasteiger partial charge in [0, 0.05) is 19.1 Å². The largest absolute Gasteiger partial charge is 0.388 e. The summed E-state index contributed by atoms with van der Waals surface area (Å²) in [5.74, 6) is 0.663. The lowest BCUT2D eigenvalue weighted by Gasteiger charge is -2.29. The highest BCUT2D eigenvalue weighted by Gasteiger charge is 2.15. The van der Waals surface area contributed by atoms with E-state index in [1.807, 2.05) is 0 Å². The molecule has 0 aliphatic rings. The Labute approximate surface area is 124 Å². The third kappa shape index (κ3) is 5.64. The van der Waals surface area contributed by atoms with Crippen LogP contribution in [0.25, 0.3) is 0 Å². The van der Waals surface area contributed by atoms with Gasteiger partial charge in [0.1, 0.15) is 0 Å². The third-order valence-electron chi connectivity index (χ3n) is 3.65. The molecular weight excluding hydrogens is 246 g/mol. The molecular formula is C18H31NO. The van der Waals surface area contributed by atoms with Crippen LogP contribution in [-0.2, 0) is 0 Å². The van der Waals surface area contributed by atoms with Crippen LogP contribution < -0.4 is 0 Å². The van der Waals surface area contributed by atoms with Gasteiger partial charge in [0.05, 0.1) is 6.10 Å². The van der Waals surface area contributed by atoms with Gasteiger partial charge in [0.15, 0.2) is 0 Å². The number of aliphatic hydroxyl groups is 1. The third-order valence-corrected chi connectivity index (χ3v) is 3.65. The standard InChI is InChI=1S/C18H31NO/c1-13(2)12-19(14(3)4)8-7-18(20)17-10-15(5)9-16(6)11-17/h9-11,13-14,18,20H,7-8,12H2,1-6H3. The van der Waals surface area contributed by atoms with Crippen LogP contribution in [-0.4, -0.2) is 29.1 Å². The van der Waals surface area contributed by atoms with Gasteiger partial charge >= 0.3 is 0 Å². The molecule has 2 heteroatoms. The Kier molecular flexibility index (Phi) is 6.70. The van der Waals surface area contributed by atoms with Crippen LogP contribution >= 0.6 is 0 Å². The first-order chi connectivity index (χ1) is 9.29. The molecule has 0 radical (unpaired) electrons. The zero-order valence-electron chi connectivity index (χ0n) is 14.0. The molecule has 1 rings (SSSR count). The molecule has 1 unspecified atom stereocenters. The van der Waals surface area contributed by atoms with Crippen molar-refractivity contribution in [2.45, 2.75) is 60.1 Å². The second-order valence-electron chi connectivity index (χ2n) is 6.71. The summed E-state index contributed by atoms with van der Waals surface area (Å²) in [6, 6.07) is 6.87. The minimum Gasteiger partial charge on any atom is -0.388 e. The van der Waals surface area contributed by atoms with Gasteiger partial charge in [-0.05, 0) is 45.6 Å². The first-order valence-corrected chi connectivity index (χ1v) is 7.80. The van der Waals surface area contributed by atoms with Gasteiger partial charge in [-0.2, -0.15) is 0 Å². The van der Waals surface area contributed by atoms with Crippen LogP contribution in [0.4, 0.5) is 0 Å². The molecule has 0 spiro atoms. The summed E-state index contributed by atoms with van der Waals surface area (Å²) in [6.45, 7) is 15.2. The quantitative estimate of drug-likeness (QED) is 0.811. The van der Waals surface area contributed by atoms with Crippen molar-refractivity contribution in [1.29, 1.82) is 0 Å². The van der Waals surface area contributed by atoms with Crippen molar-refractivity contribution in [2.75, 3.05) is 13.1 Å². The molecule has 0 aliphatic carbocycles. The number of hydrogen-bond acceptors (Lipinski definition) is 2. The highest BCUT2D eigenvalue weighted by Crippen LogP contribution is 2.20. The summed E-state index contributed by atoms with van der Waals surface area (Å²) < 4.78 is 0. The summed E-state index contributed by atoms with van der Waals surface area (Å²) in [7, 11) is 0. The van der Waals surface area contributed by atoms with E-state index in [0.717, 1.165) is 25.1 Å². The van der Waals surface area contributed by atoms with Crippen LogP contribution in [0.2, 0.25) is 0 Å². The SMILES string of the molecule is Cc1cc(C)cc(C(O)CCN(CC(C)C)C(C)C)c1. The zero-order chi connectivity index (χ0) is 15.3. The van der Waals surface area contributed by atoms with Crippen molar-refractivity contribution in [3.63, 3.8) is 0 Å². The first kappa shape index (κ1) is 17.2. The van der Waals surface area contributed by atoms with Crippen molar-refractivity contribution in [3.05, 3.63) is 34.9 Å². The number of benzene rings is 1.